The van der Waals surface area contributed by atoms with E-state index in [-0.39, 0.29) is 11.6 Å². The van der Waals surface area contributed by atoms with Crippen molar-refractivity contribution in [1.82, 2.24) is 0 Å². The van der Waals surface area contributed by atoms with Crippen molar-refractivity contribution in [2.45, 2.75) is 57.1 Å². The van der Waals surface area contributed by atoms with Crippen molar-refractivity contribution in [1.29, 1.82) is 0 Å². The van der Waals surface area contributed by atoms with Gasteiger partial charge in [0, 0.05) is 26.9 Å². The van der Waals surface area contributed by atoms with Crippen LogP contribution in [0.2, 0.25) is 0 Å². The van der Waals surface area contributed by atoms with E-state index in [0.717, 1.165) is 38.2 Å². The minimum atomic E-state index is -0.0692. The van der Waals surface area contributed by atoms with E-state index < -0.39 is 0 Å². The summed E-state index contributed by atoms with van der Waals surface area (Å²) < 4.78 is 10.8. The van der Waals surface area contributed by atoms with Gasteiger partial charge in [-0.3, -0.25) is 0 Å². The molecule has 96 valence electrons. The van der Waals surface area contributed by atoms with E-state index in [4.69, 9.17) is 15.2 Å². The highest BCUT2D eigenvalue weighted by Crippen LogP contribution is 2.37. The van der Waals surface area contributed by atoms with Gasteiger partial charge in [-0.1, -0.05) is 6.92 Å². The summed E-state index contributed by atoms with van der Waals surface area (Å²) in [7, 11) is 3.55. The minimum Gasteiger partial charge on any atom is -0.385 e. The van der Waals surface area contributed by atoms with Crippen LogP contribution in [0.1, 0.15) is 45.4 Å². The first-order valence-electron chi connectivity index (χ1n) is 6.44. The van der Waals surface area contributed by atoms with Crippen LogP contribution >= 0.6 is 0 Å². The number of nitrogens with two attached hydrogens (primary N) is 1. The second-order valence-electron chi connectivity index (χ2n) is 5.19. The summed E-state index contributed by atoms with van der Waals surface area (Å²) in [6.07, 6.45) is 6.73. The van der Waals surface area contributed by atoms with Gasteiger partial charge in [0.15, 0.2) is 0 Å². The monoisotopic (exact) mass is 229 g/mol. The topological polar surface area (TPSA) is 44.5 Å². The summed E-state index contributed by atoms with van der Waals surface area (Å²) in [6, 6.07) is 0.153. The highest BCUT2D eigenvalue weighted by Gasteiger charge is 2.39. The smallest absolute Gasteiger partial charge is 0.0829 e. The molecule has 0 aromatic carbocycles. The molecule has 0 aromatic heterocycles. The molecule has 0 aromatic rings. The zero-order valence-electron chi connectivity index (χ0n) is 11.0. The number of methoxy groups -OCH3 is 2. The Bertz CT molecular complexity index is 188. The normalized spacial score (nSPS) is 32.6. The average Bonchev–Trinajstić information content (AvgIpc) is 2.31. The molecule has 0 amide bonds. The van der Waals surface area contributed by atoms with E-state index in [0.29, 0.717) is 0 Å². The fraction of sp³-hybridized carbons (Fsp3) is 1.00. The van der Waals surface area contributed by atoms with E-state index >= 15 is 0 Å². The van der Waals surface area contributed by atoms with Gasteiger partial charge >= 0.3 is 0 Å². The van der Waals surface area contributed by atoms with Gasteiger partial charge in [0.2, 0.25) is 0 Å². The lowest BCUT2D eigenvalue weighted by atomic mass is 9.74. The lowest BCUT2D eigenvalue weighted by Crippen LogP contribution is -2.51. The maximum atomic E-state index is 6.30. The Morgan fingerprint density at radius 3 is 2.44 bits per heavy atom. The third kappa shape index (κ3) is 3.44. The van der Waals surface area contributed by atoms with Crippen LogP contribution in [0.5, 0.6) is 0 Å². The molecule has 3 nitrogen and oxygen atoms in total. The summed E-state index contributed by atoms with van der Waals surface area (Å²) in [4.78, 5) is 0. The molecule has 0 spiro atoms. The van der Waals surface area contributed by atoms with E-state index in [1.165, 1.54) is 12.8 Å². The number of hydrogen-bond acceptors (Lipinski definition) is 3. The molecule has 3 heteroatoms. The number of hydrogen-bond donors (Lipinski definition) is 1. The highest BCUT2D eigenvalue weighted by molar-refractivity contribution is 4.94. The van der Waals surface area contributed by atoms with Crippen molar-refractivity contribution in [2.24, 2.45) is 11.7 Å². The zero-order chi connectivity index (χ0) is 12.0. The van der Waals surface area contributed by atoms with Gasteiger partial charge in [-0.25, -0.2) is 0 Å². The van der Waals surface area contributed by atoms with Crippen molar-refractivity contribution in [3.8, 4) is 0 Å². The van der Waals surface area contributed by atoms with E-state index in [1.807, 2.05) is 7.11 Å². The molecule has 1 aliphatic rings. The molecule has 2 N–H and O–H groups in total. The van der Waals surface area contributed by atoms with Crippen LogP contribution in [0.25, 0.3) is 0 Å². The molecule has 1 rings (SSSR count). The molecule has 0 heterocycles. The van der Waals surface area contributed by atoms with Crippen LogP contribution in [-0.4, -0.2) is 32.5 Å². The van der Waals surface area contributed by atoms with Gasteiger partial charge in [0.25, 0.3) is 0 Å². The third-order valence-corrected chi connectivity index (χ3v) is 4.07. The van der Waals surface area contributed by atoms with Crippen molar-refractivity contribution < 1.29 is 9.47 Å². The average molecular weight is 229 g/mol. The maximum absolute atomic E-state index is 6.30. The van der Waals surface area contributed by atoms with Crippen molar-refractivity contribution in [3.05, 3.63) is 0 Å². The Labute approximate surface area is 99.7 Å². The molecule has 1 aliphatic carbocycles. The van der Waals surface area contributed by atoms with Gasteiger partial charge in [-0.15, -0.1) is 0 Å². The summed E-state index contributed by atoms with van der Waals surface area (Å²) >= 11 is 0. The van der Waals surface area contributed by atoms with Gasteiger partial charge in [-0.2, -0.15) is 0 Å². The maximum Gasteiger partial charge on any atom is 0.0829 e. The summed E-state index contributed by atoms with van der Waals surface area (Å²) in [5, 5.41) is 0. The fourth-order valence-electron chi connectivity index (χ4n) is 2.69. The van der Waals surface area contributed by atoms with Crippen LogP contribution in [0.4, 0.5) is 0 Å². The molecule has 0 aliphatic heterocycles. The van der Waals surface area contributed by atoms with Crippen LogP contribution in [0.15, 0.2) is 0 Å². The highest BCUT2D eigenvalue weighted by atomic mass is 16.5. The van der Waals surface area contributed by atoms with Crippen molar-refractivity contribution in [2.75, 3.05) is 20.8 Å². The first kappa shape index (κ1) is 13.9. The van der Waals surface area contributed by atoms with Crippen LogP contribution < -0.4 is 5.73 Å². The second-order valence-corrected chi connectivity index (χ2v) is 5.19. The van der Waals surface area contributed by atoms with Gasteiger partial charge in [0.05, 0.1) is 5.60 Å². The number of rotatable bonds is 6. The summed E-state index contributed by atoms with van der Waals surface area (Å²) in [6.45, 7) is 3.11. The molecule has 0 saturated heterocycles. The molecule has 0 radical (unpaired) electrons. The molecule has 1 unspecified atom stereocenters. The van der Waals surface area contributed by atoms with E-state index in [1.54, 1.807) is 7.11 Å². The Morgan fingerprint density at radius 2 is 1.94 bits per heavy atom. The quantitative estimate of drug-likeness (QED) is 0.711. The number of ether oxygens (including phenoxy) is 2. The largest absolute Gasteiger partial charge is 0.385 e. The van der Waals surface area contributed by atoms with E-state index in [9.17, 15) is 0 Å². The standard InChI is InChI=1S/C13H27NO2/c1-11-6-8-13(16-3,9-7-11)12(14)5-4-10-15-2/h11-12H,4-10,14H2,1-3H3. The molecule has 0 bridgehead atoms. The van der Waals surface area contributed by atoms with Gasteiger partial charge in [-0.05, 0) is 44.4 Å². The summed E-state index contributed by atoms with van der Waals surface area (Å²) in [5.74, 6) is 0.828. The Hall–Kier alpha value is -0.120. The lowest BCUT2D eigenvalue weighted by Gasteiger charge is -2.42. The summed E-state index contributed by atoms with van der Waals surface area (Å²) in [5.41, 5.74) is 6.23. The Balaban J connectivity index is 2.44. The fourth-order valence-corrected chi connectivity index (χ4v) is 2.69. The predicted molar refractivity (Wildman–Crippen MR) is 66.5 cm³/mol. The Kier molecular flexibility index (Phi) is 5.73. The first-order chi connectivity index (χ1) is 7.64. The zero-order valence-corrected chi connectivity index (χ0v) is 11.0. The first-order valence-corrected chi connectivity index (χ1v) is 6.44. The van der Waals surface area contributed by atoms with Crippen LogP contribution in [0.3, 0.4) is 0 Å². The minimum absolute atomic E-state index is 0.0692. The second kappa shape index (κ2) is 6.58. The molecule has 1 fully saturated rings. The van der Waals surface area contributed by atoms with Crippen LogP contribution in [-0.2, 0) is 9.47 Å². The van der Waals surface area contributed by atoms with Crippen LogP contribution in [0, 0.1) is 5.92 Å². The SMILES string of the molecule is COCCCC(N)C1(OC)CCC(C)CC1. The van der Waals surface area contributed by atoms with E-state index in [2.05, 4.69) is 6.92 Å². The molecule has 16 heavy (non-hydrogen) atoms. The third-order valence-electron chi connectivity index (χ3n) is 4.07. The molecular weight excluding hydrogens is 202 g/mol. The van der Waals surface area contributed by atoms with Crippen molar-refractivity contribution in [3.63, 3.8) is 0 Å². The van der Waals surface area contributed by atoms with Gasteiger partial charge < -0.3 is 15.2 Å². The molecule has 1 saturated carbocycles. The Morgan fingerprint density at radius 1 is 1.31 bits per heavy atom. The lowest BCUT2D eigenvalue weighted by molar-refractivity contribution is -0.0686. The molecular formula is C13H27NO2. The predicted octanol–water partition coefficient (Wildman–Crippen LogP) is 2.34. The molecule has 1 atom stereocenters. The van der Waals surface area contributed by atoms with Gasteiger partial charge in [0.1, 0.15) is 0 Å². The van der Waals surface area contributed by atoms with Crippen molar-refractivity contribution >= 4 is 0 Å².